The van der Waals surface area contributed by atoms with E-state index < -0.39 is 5.82 Å². The topological polar surface area (TPSA) is 33.0 Å². The van der Waals surface area contributed by atoms with Gasteiger partial charge >= 0.3 is 0 Å². The molecule has 0 aliphatic carbocycles. The van der Waals surface area contributed by atoms with Crippen LogP contribution in [-0.4, -0.2) is 0 Å². The minimum absolute atomic E-state index is 0.126. The third kappa shape index (κ3) is 2.63. The summed E-state index contributed by atoms with van der Waals surface area (Å²) in [5.74, 6) is 0.0158. The highest BCUT2D eigenvalue weighted by Crippen LogP contribution is 2.33. The number of nitriles is 1. The molecule has 5 heteroatoms. The second-order valence-electron chi connectivity index (χ2n) is 3.40. The predicted molar refractivity (Wildman–Crippen MR) is 70.3 cm³/mol. The lowest BCUT2D eigenvalue weighted by Gasteiger charge is -2.09. The van der Waals surface area contributed by atoms with Crippen LogP contribution in [-0.2, 0) is 0 Å². The molecule has 2 nitrogen and oxygen atoms in total. The van der Waals surface area contributed by atoms with E-state index in [0.29, 0.717) is 15.2 Å². The van der Waals surface area contributed by atoms with Crippen molar-refractivity contribution in [1.29, 1.82) is 5.26 Å². The van der Waals surface area contributed by atoms with E-state index in [4.69, 9.17) is 21.6 Å². The Hall–Kier alpha value is -1.57. The molecule has 2 aromatic carbocycles. The van der Waals surface area contributed by atoms with Gasteiger partial charge in [0.05, 0.1) is 4.47 Å². The molecule has 0 aliphatic rings. The molecule has 0 atom stereocenters. The maximum atomic E-state index is 13.4. The lowest BCUT2D eigenvalue weighted by atomic mass is 10.2. The van der Waals surface area contributed by atoms with Gasteiger partial charge in [0, 0.05) is 5.02 Å². The van der Waals surface area contributed by atoms with Gasteiger partial charge in [0.2, 0.25) is 0 Å². The van der Waals surface area contributed by atoms with Crippen LogP contribution in [0.4, 0.5) is 4.39 Å². The first-order valence-electron chi connectivity index (χ1n) is 4.93. The molecule has 0 fully saturated rings. The van der Waals surface area contributed by atoms with Crippen molar-refractivity contribution in [1.82, 2.24) is 0 Å². The van der Waals surface area contributed by atoms with Crippen LogP contribution in [0.5, 0.6) is 11.5 Å². The van der Waals surface area contributed by atoms with Crippen molar-refractivity contribution in [3.63, 3.8) is 0 Å². The van der Waals surface area contributed by atoms with Gasteiger partial charge in [-0.2, -0.15) is 5.26 Å². The van der Waals surface area contributed by atoms with Gasteiger partial charge in [-0.05, 0) is 46.3 Å². The second-order valence-corrected chi connectivity index (χ2v) is 4.69. The molecule has 18 heavy (non-hydrogen) atoms. The Bertz CT molecular complexity index is 639. The highest BCUT2D eigenvalue weighted by molar-refractivity contribution is 9.10. The van der Waals surface area contributed by atoms with E-state index in [0.717, 1.165) is 0 Å². The van der Waals surface area contributed by atoms with E-state index in [2.05, 4.69) is 15.9 Å². The normalized spacial score (nSPS) is 9.89. The fourth-order valence-electron chi connectivity index (χ4n) is 1.37. The molecule has 0 unspecified atom stereocenters. The van der Waals surface area contributed by atoms with Crippen LogP contribution in [0.25, 0.3) is 0 Å². The summed E-state index contributed by atoms with van der Waals surface area (Å²) in [4.78, 5) is 0. The fourth-order valence-corrected chi connectivity index (χ4v) is 2.14. The first kappa shape index (κ1) is 12.9. The molecule has 0 bridgehead atoms. The lowest BCUT2D eigenvalue weighted by Crippen LogP contribution is -1.92. The molecule has 0 radical (unpaired) electrons. The maximum absolute atomic E-state index is 13.4. The zero-order valence-corrected chi connectivity index (χ0v) is 11.3. The van der Waals surface area contributed by atoms with E-state index in [1.807, 2.05) is 0 Å². The molecule has 2 rings (SSSR count). The average Bonchev–Trinajstić information content (AvgIpc) is 2.33. The first-order valence-corrected chi connectivity index (χ1v) is 6.10. The summed E-state index contributed by atoms with van der Waals surface area (Å²) in [7, 11) is 0. The van der Waals surface area contributed by atoms with E-state index in [9.17, 15) is 4.39 Å². The SMILES string of the molecule is N#Cc1c(F)cccc1Oc1ccc(Cl)cc1Br. The van der Waals surface area contributed by atoms with E-state index in [-0.39, 0.29) is 11.3 Å². The van der Waals surface area contributed by atoms with Crippen LogP contribution in [0.3, 0.4) is 0 Å². The van der Waals surface area contributed by atoms with Crippen LogP contribution in [0.2, 0.25) is 5.02 Å². The van der Waals surface area contributed by atoms with Gasteiger partial charge in [0.1, 0.15) is 28.9 Å². The van der Waals surface area contributed by atoms with Gasteiger partial charge < -0.3 is 4.74 Å². The van der Waals surface area contributed by atoms with Gasteiger partial charge in [-0.3, -0.25) is 0 Å². The largest absolute Gasteiger partial charge is 0.455 e. The van der Waals surface area contributed by atoms with E-state index in [1.165, 1.54) is 18.2 Å². The van der Waals surface area contributed by atoms with E-state index in [1.54, 1.807) is 24.3 Å². The lowest BCUT2D eigenvalue weighted by molar-refractivity contribution is 0.471. The van der Waals surface area contributed by atoms with Gasteiger partial charge in [0.25, 0.3) is 0 Å². The Morgan fingerprint density at radius 1 is 1.22 bits per heavy atom. The molecular weight excluding hydrogens is 321 g/mol. The Morgan fingerprint density at radius 3 is 2.67 bits per heavy atom. The number of hydrogen-bond acceptors (Lipinski definition) is 2. The standard InChI is InChI=1S/C13H6BrClFNO/c14-10-6-8(15)4-5-13(10)18-12-3-1-2-11(16)9(12)7-17/h1-6H. The monoisotopic (exact) mass is 325 g/mol. The molecule has 0 amide bonds. The molecule has 0 N–H and O–H groups in total. The number of rotatable bonds is 2. The first-order chi connectivity index (χ1) is 8.61. The van der Waals surface area contributed by atoms with Crippen molar-refractivity contribution in [2.24, 2.45) is 0 Å². The number of benzene rings is 2. The molecule has 90 valence electrons. The average molecular weight is 327 g/mol. The Labute approximate surface area is 117 Å². The summed E-state index contributed by atoms with van der Waals surface area (Å²) >= 11 is 9.09. The van der Waals surface area contributed by atoms with Crippen LogP contribution in [0, 0.1) is 17.1 Å². The third-order valence-corrected chi connectivity index (χ3v) is 3.06. The van der Waals surface area contributed by atoms with Gasteiger partial charge in [-0.25, -0.2) is 4.39 Å². The summed E-state index contributed by atoms with van der Waals surface area (Å²) in [6.07, 6.45) is 0. The van der Waals surface area contributed by atoms with Crippen LogP contribution >= 0.6 is 27.5 Å². The predicted octanol–water partition coefficient (Wildman–Crippen LogP) is 4.91. The van der Waals surface area contributed by atoms with Crippen molar-refractivity contribution in [2.45, 2.75) is 0 Å². The molecule has 0 heterocycles. The summed E-state index contributed by atoms with van der Waals surface area (Å²) in [6, 6.07) is 10.9. The van der Waals surface area contributed by atoms with Gasteiger partial charge in [-0.1, -0.05) is 17.7 Å². The number of hydrogen-bond donors (Lipinski definition) is 0. The smallest absolute Gasteiger partial charge is 0.148 e. The quantitative estimate of drug-likeness (QED) is 0.786. The van der Waals surface area contributed by atoms with Crippen molar-refractivity contribution >= 4 is 27.5 Å². The van der Waals surface area contributed by atoms with Gasteiger partial charge in [0.15, 0.2) is 0 Å². The molecule has 0 spiro atoms. The third-order valence-electron chi connectivity index (χ3n) is 2.20. The van der Waals surface area contributed by atoms with Crippen LogP contribution < -0.4 is 4.74 Å². The molecule has 0 aliphatic heterocycles. The maximum Gasteiger partial charge on any atom is 0.148 e. The number of halogens is 3. The minimum Gasteiger partial charge on any atom is -0.455 e. The Kier molecular flexibility index (Phi) is 3.85. The second kappa shape index (κ2) is 5.38. The zero-order chi connectivity index (χ0) is 13.1. The van der Waals surface area contributed by atoms with Gasteiger partial charge in [-0.15, -0.1) is 0 Å². The van der Waals surface area contributed by atoms with Crippen molar-refractivity contribution in [2.75, 3.05) is 0 Å². The summed E-state index contributed by atoms with van der Waals surface area (Å²) in [6.45, 7) is 0. The Balaban J connectivity index is 2.41. The highest BCUT2D eigenvalue weighted by Gasteiger charge is 2.11. The van der Waals surface area contributed by atoms with Crippen molar-refractivity contribution in [3.8, 4) is 17.6 Å². The molecule has 2 aromatic rings. The number of nitrogens with zero attached hydrogens (tertiary/aromatic N) is 1. The van der Waals surface area contributed by atoms with Crippen molar-refractivity contribution < 1.29 is 9.13 Å². The summed E-state index contributed by atoms with van der Waals surface area (Å²) in [5.41, 5.74) is -0.126. The van der Waals surface area contributed by atoms with Crippen LogP contribution in [0.1, 0.15) is 5.56 Å². The highest BCUT2D eigenvalue weighted by atomic mass is 79.9. The van der Waals surface area contributed by atoms with Crippen LogP contribution in [0.15, 0.2) is 40.9 Å². The molecule has 0 saturated carbocycles. The molecular formula is C13H6BrClFNO. The molecule has 0 aromatic heterocycles. The fraction of sp³-hybridized carbons (Fsp3) is 0. The molecule has 0 saturated heterocycles. The Morgan fingerprint density at radius 2 is 2.00 bits per heavy atom. The van der Waals surface area contributed by atoms with E-state index >= 15 is 0 Å². The number of ether oxygens (including phenoxy) is 1. The summed E-state index contributed by atoms with van der Waals surface area (Å²) < 4.78 is 19.5. The minimum atomic E-state index is -0.611. The summed E-state index contributed by atoms with van der Waals surface area (Å²) in [5, 5.41) is 9.44. The zero-order valence-electron chi connectivity index (χ0n) is 8.95. The van der Waals surface area contributed by atoms with Crippen molar-refractivity contribution in [3.05, 3.63) is 57.3 Å².